The van der Waals surface area contributed by atoms with Crippen LogP contribution in [-0.2, 0) is 21.2 Å². The first-order valence-corrected chi connectivity index (χ1v) is 11.3. The largest absolute Gasteiger partial charge is 0.391 e. The molecule has 0 aliphatic rings. The number of aliphatic hydroxyl groups excluding tert-OH is 1. The van der Waals surface area contributed by atoms with Crippen molar-refractivity contribution >= 4 is 38.0 Å². The highest BCUT2D eigenvalue weighted by Gasteiger charge is 2.28. The summed E-state index contributed by atoms with van der Waals surface area (Å²) in [7, 11) is -4.03. The van der Waals surface area contributed by atoms with Gasteiger partial charge in [0.1, 0.15) is 4.90 Å². The minimum atomic E-state index is -4.03. The molecule has 1 heterocycles. The fourth-order valence-corrected chi connectivity index (χ4v) is 5.20. The number of hydrogen-bond donors (Lipinski definition) is 2. The summed E-state index contributed by atoms with van der Waals surface area (Å²) in [6.07, 6.45) is 1.89. The minimum Gasteiger partial charge on any atom is -0.391 e. The van der Waals surface area contributed by atoms with Crippen molar-refractivity contribution in [2.45, 2.75) is 29.9 Å². The Morgan fingerprint density at radius 3 is 2.48 bits per heavy atom. The van der Waals surface area contributed by atoms with Crippen LogP contribution in [0.25, 0.3) is 21.7 Å². The topological polar surface area (TPSA) is 96.4 Å². The second kappa shape index (κ2) is 8.93. The molecule has 4 rings (SSSR count). The van der Waals surface area contributed by atoms with Gasteiger partial charge in [0.2, 0.25) is 16.3 Å². The van der Waals surface area contributed by atoms with Crippen LogP contribution in [0.3, 0.4) is 0 Å². The van der Waals surface area contributed by atoms with Crippen LogP contribution in [0.4, 0.5) is 0 Å². The monoisotopic (exact) mass is 433 g/mol. The zero-order valence-corrected chi connectivity index (χ0v) is 17.4. The molecule has 0 aliphatic heterocycles. The van der Waals surface area contributed by atoms with Crippen molar-refractivity contribution < 1.29 is 18.3 Å². The number of nitrogens with zero attached hydrogens (tertiary/aromatic N) is 1. The Morgan fingerprint density at radius 2 is 1.65 bits per heavy atom. The zero-order chi connectivity index (χ0) is 21.8. The lowest BCUT2D eigenvalue weighted by Crippen LogP contribution is -2.45. The molecule has 2 atom stereocenters. The van der Waals surface area contributed by atoms with Crippen LogP contribution in [0, 0.1) is 0 Å². The van der Waals surface area contributed by atoms with Crippen molar-refractivity contribution in [3.63, 3.8) is 0 Å². The molecule has 1 aromatic heterocycles. The molecule has 6 nitrogen and oxygen atoms in total. The van der Waals surface area contributed by atoms with E-state index in [1.165, 1.54) is 12.3 Å². The number of rotatable bonds is 8. The van der Waals surface area contributed by atoms with E-state index >= 15 is 0 Å². The number of aromatic nitrogens is 1. The SMILES string of the molecule is O=[C]C[C@H](O)C(Cc1cccc2ccccc12)NS(=O)(=O)c1cccc2cccnc12. The molecule has 4 aromatic rings. The van der Waals surface area contributed by atoms with Gasteiger partial charge in [-0.1, -0.05) is 60.7 Å². The quantitative estimate of drug-likeness (QED) is 0.445. The molecule has 1 unspecified atom stereocenters. The Kier molecular flexibility index (Phi) is 6.08. The maximum Gasteiger partial charge on any atom is 0.243 e. The third-order valence-corrected chi connectivity index (χ3v) is 6.79. The first kappa shape index (κ1) is 21.1. The number of carbonyl (C=O) groups excluding carboxylic acids is 1. The van der Waals surface area contributed by atoms with Crippen LogP contribution >= 0.6 is 0 Å². The molecule has 157 valence electrons. The van der Waals surface area contributed by atoms with Gasteiger partial charge in [0, 0.05) is 18.0 Å². The number of fused-ring (bicyclic) bond motifs is 2. The van der Waals surface area contributed by atoms with Gasteiger partial charge in [-0.15, -0.1) is 0 Å². The summed E-state index contributed by atoms with van der Waals surface area (Å²) >= 11 is 0. The molecule has 2 N–H and O–H groups in total. The Balaban J connectivity index is 1.72. The van der Waals surface area contributed by atoms with Crippen LogP contribution in [0.5, 0.6) is 0 Å². The van der Waals surface area contributed by atoms with E-state index in [2.05, 4.69) is 9.71 Å². The van der Waals surface area contributed by atoms with Crippen molar-refractivity contribution in [3.8, 4) is 0 Å². The predicted octanol–water partition coefficient (Wildman–Crippen LogP) is 3.14. The van der Waals surface area contributed by atoms with Crippen molar-refractivity contribution in [2.75, 3.05) is 0 Å². The van der Waals surface area contributed by atoms with Gasteiger partial charge < -0.3 is 5.11 Å². The van der Waals surface area contributed by atoms with E-state index in [0.29, 0.717) is 10.9 Å². The number of aliphatic hydroxyl groups is 1. The van der Waals surface area contributed by atoms with Crippen molar-refractivity contribution in [3.05, 3.63) is 84.6 Å². The van der Waals surface area contributed by atoms with E-state index in [0.717, 1.165) is 16.3 Å². The normalized spacial score (nSPS) is 13.8. The number of para-hydroxylation sites is 1. The minimum absolute atomic E-state index is 0.0239. The van der Waals surface area contributed by atoms with Crippen LogP contribution < -0.4 is 4.72 Å². The summed E-state index contributed by atoms with van der Waals surface area (Å²) in [6.45, 7) is 0. The van der Waals surface area contributed by atoms with Gasteiger partial charge in [-0.3, -0.25) is 9.78 Å². The van der Waals surface area contributed by atoms with Gasteiger partial charge in [-0.2, -0.15) is 0 Å². The molecule has 31 heavy (non-hydrogen) atoms. The summed E-state index contributed by atoms with van der Waals surface area (Å²) in [6, 6.07) is 21.0. The average Bonchev–Trinajstić information content (AvgIpc) is 2.78. The number of sulfonamides is 1. The van der Waals surface area contributed by atoms with E-state index in [-0.39, 0.29) is 17.7 Å². The smallest absolute Gasteiger partial charge is 0.243 e. The fraction of sp³-hybridized carbons (Fsp3) is 0.167. The molecule has 0 aliphatic carbocycles. The molecule has 0 saturated carbocycles. The molecule has 0 saturated heterocycles. The van der Waals surface area contributed by atoms with Gasteiger partial charge in [0.15, 0.2) is 0 Å². The molecular weight excluding hydrogens is 412 g/mol. The molecule has 0 spiro atoms. The van der Waals surface area contributed by atoms with E-state index in [1.807, 2.05) is 42.5 Å². The maximum absolute atomic E-state index is 13.3. The van der Waals surface area contributed by atoms with Gasteiger partial charge in [0.05, 0.1) is 17.7 Å². The zero-order valence-electron chi connectivity index (χ0n) is 16.6. The highest BCUT2D eigenvalue weighted by molar-refractivity contribution is 7.89. The second-order valence-electron chi connectivity index (χ2n) is 7.32. The van der Waals surface area contributed by atoms with E-state index < -0.39 is 22.2 Å². The maximum atomic E-state index is 13.3. The van der Waals surface area contributed by atoms with Crippen LogP contribution in [0.1, 0.15) is 12.0 Å². The van der Waals surface area contributed by atoms with Gasteiger partial charge in [0.25, 0.3) is 0 Å². The number of nitrogens with one attached hydrogen (secondary N) is 1. The lowest BCUT2D eigenvalue weighted by molar-refractivity contribution is 0.143. The molecule has 1 radical (unpaired) electrons. The second-order valence-corrected chi connectivity index (χ2v) is 9.00. The highest BCUT2D eigenvalue weighted by Crippen LogP contribution is 2.24. The number of hydrogen-bond acceptors (Lipinski definition) is 5. The van der Waals surface area contributed by atoms with Crippen molar-refractivity contribution in [2.24, 2.45) is 0 Å². The number of pyridine rings is 1. The Bertz CT molecular complexity index is 1330. The Hall–Kier alpha value is -3.13. The van der Waals surface area contributed by atoms with Crippen molar-refractivity contribution in [1.82, 2.24) is 9.71 Å². The molecule has 0 fully saturated rings. The summed E-state index contributed by atoms with van der Waals surface area (Å²) in [5, 5.41) is 13.2. The van der Waals surface area contributed by atoms with E-state index in [9.17, 15) is 18.3 Å². The lowest BCUT2D eigenvalue weighted by atomic mass is 9.96. The van der Waals surface area contributed by atoms with Crippen LogP contribution in [0.15, 0.2) is 83.9 Å². The van der Waals surface area contributed by atoms with Gasteiger partial charge >= 0.3 is 0 Å². The molecule has 3 aromatic carbocycles. The van der Waals surface area contributed by atoms with Gasteiger partial charge in [-0.25, -0.2) is 13.1 Å². The lowest BCUT2D eigenvalue weighted by Gasteiger charge is -2.24. The molecular formula is C24H21N2O4S. The Morgan fingerprint density at radius 1 is 0.935 bits per heavy atom. The van der Waals surface area contributed by atoms with Crippen LogP contribution in [0.2, 0.25) is 0 Å². The summed E-state index contributed by atoms with van der Waals surface area (Å²) in [5.74, 6) is 0. The average molecular weight is 434 g/mol. The standard InChI is InChI=1S/C24H21N2O4S/c27-15-13-22(28)21(16-19-9-3-7-17-6-1-2-11-20(17)19)26-31(29,30)23-12-4-8-18-10-5-14-25-24(18)23/h1-12,14,21-22,26,28H,13,16H2/t21?,22-/m0/s1. The van der Waals surface area contributed by atoms with E-state index in [4.69, 9.17) is 0 Å². The fourth-order valence-electron chi connectivity index (χ4n) is 3.75. The molecule has 7 heteroatoms. The van der Waals surface area contributed by atoms with Gasteiger partial charge in [-0.05, 0) is 34.9 Å². The third kappa shape index (κ3) is 4.49. The summed E-state index contributed by atoms with van der Waals surface area (Å²) < 4.78 is 29.1. The summed E-state index contributed by atoms with van der Waals surface area (Å²) in [5.41, 5.74) is 1.21. The first-order chi connectivity index (χ1) is 15.0. The van der Waals surface area contributed by atoms with Crippen molar-refractivity contribution in [1.29, 1.82) is 0 Å². The first-order valence-electron chi connectivity index (χ1n) is 9.85. The predicted molar refractivity (Wildman–Crippen MR) is 120 cm³/mol. The summed E-state index contributed by atoms with van der Waals surface area (Å²) in [4.78, 5) is 15.2. The number of benzene rings is 3. The Labute approximate surface area is 180 Å². The van der Waals surface area contributed by atoms with E-state index in [1.54, 1.807) is 30.6 Å². The molecule has 0 bridgehead atoms. The van der Waals surface area contributed by atoms with Crippen LogP contribution in [-0.4, -0.2) is 36.9 Å². The third-order valence-electron chi connectivity index (χ3n) is 5.27. The molecule has 0 amide bonds. The highest BCUT2D eigenvalue weighted by atomic mass is 32.2.